The van der Waals surface area contributed by atoms with Gasteiger partial charge in [0.2, 0.25) is 0 Å². The smallest absolute Gasteiger partial charge is 0.120 e. The Morgan fingerprint density at radius 1 is 1.19 bits per heavy atom. The van der Waals surface area contributed by atoms with Crippen molar-refractivity contribution in [3.05, 3.63) is 47.9 Å². The quantitative estimate of drug-likeness (QED) is 0.733. The van der Waals surface area contributed by atoms with E-state index in [-0.39, 0.29) is 6.10 Å². The highest BCUT2D eigenvalue weighted by molar-refractivity contribution is 5.81. The zero-order valence-electron chi connectivity index (χ0n) is 13.0. The Balaban J connectivity index is 1.91. The van der Waals surface area contributed by atoms with Gasteiger partial charge in [0, 0.05) is 24.1 Å². The molecule has 0 atom stereocenters. The first-order valence-corrected chi connectivity index (χ1v) is 7.28. The van der Waals surface area contributed by atoms with Crippen LogP contribution >= 0.6 is 0 Å². The third-order valence-electron chi connectivity index (χ3n) is 3.55. The average molecular weight is 283 g/mol. The summed E-state index contributed by atoms with van der Waals surface area (Å²) in [4.78, 5) is 0. The highest BCUT2D eigenvalue weighted by atomic mass is 16.5. The van der Waals surface area contributed by atoms with Gasteiger partial charge in [0.05, 0.1) is 24.0 Å². The second-order valence-electron chi connectivity index (χ2n) is 5.73. The lowest BCUT2D eigenvalue weighted by Gasteiger charge is -2.10. The molecule has 110 valence electrons. The van der Waals surface area contributed by atoms with Gasteiger partial charge in [-0.2, -0.15) is 5.10 Å². The average Bonchev–Trinajstić information content (AvgIpc) is 2.93. The molecule has 0 aliphatic rings. The van der Waals surface area contributed by atoms with E-state index in [0.29, 0.717) is 0 Å². The molecule has 0 N–H and O–H groups in total. The Morgan fingerprint density at radius 3 is 2.67 bits per heavy atom. The molecule has 0 unspecified atom stereocenters. The largest absolute Gasteiger partial charge is 0.491 e. The minimum Gasteiger partial charge on any atom is -0.491 e. The first-order valence-electron chi connectivity index (χ1n) is 7.28. The van der Waals surface area contributed by atoms with Gasteiger partial charge in [0.25, 0.3) is 0 Å². The number of ether oxygens (including phenoxy) is 1. The third-order valence-corrected chi connectivity index (χ3v) is 3.55. The van der Waals surface area contributed by atoms with E-state index in [1.54, 1.807) is 0 Å². The summed E-state index contributed by atoms with van der Waals surface area (Å²) in [5, 5.41) is 5.60. The zero-order valence-corrected chi connectivity index (χ0v) is 13.0. The van der Waals surface area contributed by atoms with Crippen LogP contribution in [0.1, 0.15) is 25.2 Å². The van der Waals surface area contributed by atoms with Crippen LogP contribution in [0.2, 0.25) is 0 Å². The van der Waals surface area contributed by atoms with Gasteiger partial charge in [-0.25, -0.2) is 0 Å². The van der Waals surface area contributed by atoms with Gasteiger partial charge in [0.1, 0.15) is 5.75 Å². The van der Waals surface area contributed by atoms with E-state index in [9.17, 15) is 0 Å². The molecule has 0 aliphatic carbocycles. The molecule has 0 saturated heterocycles. The number of hydrogen-bond donors (Lipinski definition) is 0. The Hall–Kier alpha value is -2.23. The second kappa shape index (κ2) is 5.28. The molecule has 0 bridgehead atoms. The topological polar surface area (TPSA) is 32.0 Å². The molecule has 3 rings (SSSR count). The van der Waals surface area contributed by atoms with Crippen LogP contribution in [0.3, 0.4) is 0 Å². The van der Waals surface area contributed by atoms with Gasteiger partial charge >= 0.3 is 0 Å². The summed E-state index contributed by atoms with van der Waals surface area (Å²) in [6.07, 6.45) is 2.31. The summed E-state index contributed by atoms with van der Waals surface area (Å²) in [5.74, 6) is 0.923. The lowest BCUT2D eigenvalue weighted by molar-refractivity contribution is 0.243. The van der Waals surface area contributed by atoms with Crippen LogP contribution in [0.15, 0.2) is 36.5 Å². The normalized spacial score (nSPS) is 11.5. The Labute approximate surface area is 124 Å². The predicted octanol–water partition coefficient (Wildman–Crippen LogP) is 3.52. The van der Waals surface area contributed by atoms with Crippen LogP contribution in [0.25, 0.3) is 10.9 Å². The van der Waals surface area contributed by atoms with Gasteiger partial charge < -0.3 is 9.30 Å². The lowest BCUT2D eigenvalue weighted by atomic mass is 10.2. The van der Waals surface area contributed by atoms with Crippen molar-refractivity contribution < 1.29 is 4.74 Å². The highest BCUT2D eigenvalue weighted by Gasteiger charge is 2.07. The van der Waals surface area contributed by atoms with Crippen molar-refractivity contribution in [2.75, 3.05) is 0 Å². The van der Waals surface area contributed by atoms with E-state index < -0.39 is 0 Å². The minimum atomic E-state index is 0.196. The first-order chi connectivity index (χ1) is 10.0. The summed E-state index contributed by atoms with van der Waals surface area (Å²) in [6, 6.07) is 10.5. The first kappa shape index (κ1) is 13.7. The SMILES string of the molecule is Cc1cc(Cn2ccc3cc(OC(C)C)ccc32)n(C)n1. The monoisotopic (exact) mass is 283 g/mol. The highest BCUT2D eigenvalue weighted by Crippen LogP contribution is 2.23. The van der Waals surface area contributed by atoms with E-state index in [0.717, 1.165) is 18.0 Å². The summed E-state index contributed by atoms with van der Waals surface area (Å²) in [5.41, 5.74) is 3.47. The molecule has 0 aliphatic heterocycles. The van der Waals surface area contributed by atoms with E-state index in [2.05, 4.69) is 40.1 Å². The van der Waals surface area contributed by atoms with Crippen molar-refractivity contribution in [3.63, 3.8) is 0 Å². The molecule has 1 aromatic carbocycles. The molecule has 4 heteroatoms. The number of aromatic nitrogens is 3. The number of nitrogens with zero attached hydrogens (tertiary/aromatic N) is 3. The van der Waals surface area contributed by atoms with Gasteiger partial charge in [0.15, 0.2) is 0 Å². The summed E-state index contributed by atoms with van der Waals surface area (Å²) >= 11 is 0. The molecule has 0 spiro atoms. The molecule has 0 fully saturated rings. The molecule has 2 heterocycles. The number of benzene rings is 1. The fourth-order valence-electron chi connectivity index (χ4n) is 2.65. The summed E-state index contributed by atoms with van der Waals surface area (Å²) in [6.45, 7) is 6.93. The number of rotatable bonds is 4. The molecule has 0 radical (unpaired) electrons. The molecule has 2 aromatic heterocycles. The van der Waals surface area contributed by atoms with Gasteiger partial charge in [-0.3, -0.25) is 4.68 Å². The van der Waals surface area contributed by atoms with Gasteiger partial charge in [-0.15, -0.1) is 0 Å². The number of aryl methyl sites for hydroxylation is 2. The predicted molar refractivity (Wildman–Crippen MR) is 84.7 cm³/mol. The molecule has 0 amide bonds. The lowest BCUT2D eigenvalue weighted by Crippen LogP contribution is -2.06. The fourth-order valence-corrected chi connectivity index (χ4v) is 2.65. The van der Waals surface area contributed by atoms with Crippen molar-refractivity contribution in [1.29, 1.82) is 0 Å². The minimum absolute atomic E-state index is 0.196. The van der Waals surface area contributed by atoms with Crippen LogP contribution in [-0.2, 0) is 13.6 Å². The third kappa shape index (κ3) is 2.79. The maximum atomic E-state index is 5.75. The molecular weight excluding hydrogens is 262 g/mol. The van der Waals surface area contributed by atoms with Crippen LogP contribution in [0.5, 0.6) is 5.75 Å². The number of hydrogen-bond acceptors (Lipinski definition) is 2. The van der Waals surface area contributed by atoms with Gasteiger partial charge in [-0.1, -0.05) is 0 Å². The van der Waals surface area contributed by atoms with Crippen molar-refractivity contribution in [1.82, 2.24) is 14.3 Å². The summed E-state index contributed by atoms with van der Waals surface area (Å²) in [7, 11) is 1.99. The maximum Gasteiger partial charge on any atom is 0.120 e. The summed E-state index contributed by atoms with van der Waals surface area (Å²) < 4.78 is 9.93. The Kier molecular flexibility index (Phi) is 3.45. The van der Waals surface area contributed by atoms with Crippen LogP contribution in [0, 0.1) is 6.92 Å². The van der Waals surface area contributed by atoms with Gasteiger partial charge in [-0.05, 0) is 51.1 Å². The van der Waals surface area contributed by atoms with E-state index >= 15 is 0 Å². The Morgan fingerprint density at radius 2 is 2.00 bits per heavy atom. The van der Waals surface area contributed by atoms with Crippen LogP contribution in [-0.4, -0.2) is 20.5 Å². The van der Waals surface area contributed by atoms with Crippen molar-refractivity contribution in [2.24, 2.45) is 7.05 Å². The zero-order chi connectivity index (χ0) is 15.0. The van der Waals surface area contributed by atoms with Crippen LogP contribution in [0.4, 0.5) is 0 Å². The maximum absolute atomic E-state index is 5.75. The second-order valence-corrected chi connectivity index (χ2v) is 5.73. The number of fused-ring (bicyclic) bond motifs is 1. The molecule has 0 saturated carbocycles. The standard InChI is InChI=1S/C17H21N3O/c1-12(2)21-16-5-6-17-14(10-16)7-8-20(17)11-15-9-13(3)18-19(15)4/h5-10,12H,11H2,1-4H3. The van der Waals surface area contributed by atoms with E-state index in [4.69, 9.17) is 4.74 Å². The molecule has 3 aromatic rings. The molecule has 21 heavy (non-hydrogen) atoms. The van der Waals surface area contributed by atoms with Crippen molar-refractivity contribution in [2.45, 2.75) is 33.4 Å². The Bertz CT molecular complexity index is 768. The van der Waals surface area contributed by atoms with E-state index in [1.165, 1.54) is 16.6 Å². The van der Waals surface area contributed by atoms with Crippen molar-refractivity contribution >= 4 is 10.9 Å². The van der Waals surface area contributed by atoms with Crippen molar-refractivity contribution in [3.8, 4) is 5.75 Å². The fraction of sp³-hybridized carbons (Fsp3) is 0.353. The van der Waals surface area contributed by atoms with E-state index in [1.807, 2.05) is 38.6 Å². The van der Waals surface area contributed by atoms with Crippen LogP contribution < -0.4 is 4.74 Å². The molecule has 4 nitrogen and oxygen atoms in total. The molecular formula is C17H21N3O.